The first kappa shape index (κ1) is 15.8. The second-order valence-corrected chi connectivity index (χ2v) is 5.53. The molecular weight excluding hydrogens is 302 g/mol. The van der Waals surface area contributed by atoms with Gasteiger partial charge in [0.2, 0.25) is 0 Å². The first-order valence-corrected chi connectivity index (χ1v) is 7.55. The maximum Gasteiger partial charge on any atom is 0.185 e. The van der Waals surface area contributed by atoms with E-state index >= 15 is 0 Å². The molecular formula is C18H19N5O. The molecule has 6 heteroatoms. The fourth-order valence-electron chi connectivity index (χ4n) is 2.39. The lowest BCUT2D eigenvalue weighted by molar-refractivity contribution is 0.475. The van der Waals surface area contributed by atoms with Gasteiger partial charge in [0.15, 0.2) is 11.6 Å². The average molecular weight is 321 g/mol. The molecule has 3 aromatic rings. The lowest BCUT2D eigenvalue weighted by Crippen LogP contribution is -2.03. The predicted molar refractivity (Wildman–Crippen MR) is 95.9 cm³/mol. The van der Waals surface area contributed by atoms with Crippen molar-refractivity contribution >= 4 is 17.2 Å². The first-order valence-electron chi connectivity index (χ1n) is 7.55. The molecule has 0 aliphatic rings. The molecule has 0 fully saturated rings. The van der Waals surface area contributed by atoms with Crippen LogP contribution < -0.4 is 16.8 Å². The Kier molecular flexibility index (Phi) is 4.31. The van der Waals surface area contributed by atoms with E-state index in [2.05, 4.69) is 15.3 Å². The Hall–Kier alpha value is -3.12. The van der Waals surface area contributed by atoms with Crippen LogP contribution in [0.5, 0.6) is 5.75 Å². The van der Waals surface area contributed by atoms with Crippen LogP contribution in [0.15, 0.2) is 48.8 Å². The number of aromatic nitrogens is 2. The standard InChI is InChI=1S/C18H19N5O/c1-11-2-4-12(5-3-11)16-17(24)18(22-10-21-16)23-14-6-7-15(20)13(8-14)9-19/h2-8,10,24H,9,19-20H2,1H3,(H,21,22,23). The van der Waals surface area contributed by atoms with Gasteiger partial charge in [-0.3, -0.25) is 0 Å². The third kappa shape index (κ3) is 3.13. The van der Waals surface area contributed by atoms with Crippen molar-refractivity contribution in [1.82, 2.24) is 9.97 Å². The van der Waals surface area contributed by atoms with Crippen LogP contribution in [0, 0.1) is 6.92 Å². The van der Waals surface area contributed by atoms with E-state index in [4.69, 9.17) is 11.5 Å². The lowest BCUT2D eigenvalue weighted by atomic mass is 10.1. The number of rotatable bonds is 4. The molecule has 1 heterocycles. The van der Waals surface area contributed by atoms with Gasteiger partial charge in [-0.15, -0.1) is 0 Å². The van der Waals surface area contributed by atoms with Gasteiger partial charge in [0.25, 0.3) is 0 Å². The number of nitrogens with two attached hydrogens (primary N) is 2. The number of benzene rings is 2. The zero-order valence-corrected chi connectivity index (χ0v) is 13.3. The minimum absolute atomic E-state index is 0.00697. The van der Waals surface area contributed by atoms with Crippen molar-refractivity contribution in [2.45, 2.75) is 13.5 Å². The van der Waals surface area contributed by atoms with Crippen molar-refractivity contribution in [2.75, 3.05) is 11.1 Å². The van der Waals surface area contributed by atoms with Crippen LogP contribution in [-0.4, -0.2) is 15.1 Å². The zero-order chi connectivity index (χ0) is 17.1. The normalized spacial score (nSPS) is 10.6. The molecule has 0 saturated carbocycles. The van der Waals surface area contributed by atoms with Crippen LogP contribution in [0.25, 0.3) is 11.3 Å². The minimum atomic E-state index is -0.00697. The summed E-state index contributed by atoms with van der Waals surface area (Å²) in [6.45, 7) is 2.35. The summed E-state index contributed by atoms with van der Waals surface area (Å²) in [5, 5.41) is 13.6. The molecule has 0 saturated heterocycles. The maximum atomic E-state index is 10.5. The van der Waals surface area contributed by atoms with Gasteiger partial charge in [0, 0.05) is 23.5 Å². The maximum absolute atomic E-state index is 10.5. The van der Waals surface area contributed by atoms with E-state index in [-0.39, 0.29) is 5.75 Å². The number of nitrogens with zero attached hydrogens (tertiary/aromatic N) is 2. The zero-order valence-electron chi connectivity index (χ0n) is 13.3. The Labute approximate surface area is 140 Å². The van der Waals surface area contributed by atoms with Crippen molar-refractivity contribution < 1.29 is 5.11 Å². The SMILES string of the molecule is Cc1ccc(-c2ncnc(Nc3ccc(N)c(CN)c3)c2O)cc1. The van der Waals surface area contributed by atoms with Gasteiger partial charge in [-0.25, -0.2) is 9.97 Å². The van der Waals surface area contributed by atoms with Gasteiger partial charge in [0.05, 0.1) is 0 Å². The van der Waals surface area contributed by atoms with E-state index in [1.54, 1.807) is 6.07 Å². The summed E-state index contributed by atoms with van der Waals surface area (Å²) in [5.41, 5.74) is 16.2. The number of anilines is 3. The van der Waals surface area contributed by atoms with E-state index in [1.165, 1.54) is 6.33 Å². The predicted octanol–water partition coefficient (Wildman–Crippen LogP) is 2.94. The highest BCUT2D eigenvalue weighted by Gasteiger charge is 2.12. The first-order chi connectivity index (χ1) is 11.6. The largest absolute Gasteiger partial charge is 0.503 e. The smallest absolute Gasteiger partial charge is 0.185 e. The van der Waals surface area contributed by atoms with Crippen molar-refractivity contribution in [3.8, 4) is 17.0 Å². The Morgan fingerprint density at radius 2 is 1.83 bits per heavy atom. The third-order valence-electron chi connectivity index (χ3n) is 3.77. The molecule has 0 bridgehead atoms. The molecule has 24 heavy (non-hydrogen) atoms. The van der Waals surface area contributed by atoms with E-state index in [0.29, 0.717) is 23.7 Å². The summed E-state index contributed by atoms with van der Waals surface area (Å²) in [7, 11) is 0. The van der Waals surface area contributed by atoms with Crippen LogP contribution in [0.1, 0.15) is 11.1 Å². The van der Waals surface area contributed by atoms with Gasteiger partial charge >= 0.3 is 0 Å². The molecule has 0 spiro atoms. The summed E-state index contributed by atoms with van der Waals surface area (Å²) >= 11 is 0. The van der Waals surface area contributed by atoms with Gasteiger partial charge in [-0.1, -0.05) is 29.8 Å². The van der Waals surface area contributed by atoms with Gasteiger partial charge in [0.1, 0.15) is 12.0 Å². The van der Waals surface area contributed by atoms with Crippen LogP contribution in [-0.2, 0) is 6.54 Å². The quantitative estimate of drug-likeness (QED) is 0.550. The summed E-state index contributed by atoms with van der Waals surface area (Å²) < 4.78 is 0. The monoisotopic (exact) mass is 321 g/mol. The van der Waals surface area contributed by atoms with E-state index in [1.807, 2.05) is 43.3 Å². The highest BCUT2D eigenvalue weighted by molar-refractivity contribution is 5.75. The highest BCUT2D eigenvalue weighted by Crippen LogP contribution is 2.33. The number of nitrogens with one attached hydrogen (secondary N) is 1. The second-order valence-electron chi connectivity index (χ2n) is 5.53. The molecule has 122 valence electrons. The Morgan fingerprint density at radius 1 is 1.08 bits per heavy atom. The number of aryl methyl sites for hydroxylation is 1. The summed E-state index contributed by atoms with van der Waals surface area (Å²) in [4.78, 5) is 8.31. The summed E-state index contributed by atoms with van der Waals surface area (Å²) in [6, 6.07) is 13.2. The van der Waals surface area contributed by atoms with Crippen LogP contribution in [0.2, 0.25) is 0 Å². The molecule has 0 amide bonds. The third-order valence-corrected chi connectivity index (χ3v) is 3.77. The molecule has 0 aliphatic carbocycles. The van der Waals surface area contributed by atoms with Gasteiger partial charge in [-0.05, 0) is 30.7 Å². The molecule has 3 rings (SSSR count). The fraction of sp³-hybridized carbons (Fsp3) is 0.111. The molecule has 2 aromatic carbocycles. The van der Waals surface area contributed by atoms with Crippen LogP contribution >= 0.6 is 0 Å². The van der Waals surface area contributed by atoms with Crippen molar-refractivity contribution in [2.24, 2.45) is 5.73 Å². The van der Waals surface area contributed by atoms with Crippen molar-refractivity contribution in [3.63, 3.8) is 0 Å². The number of hydrogen-bond acceptors (Lipinski definition) is 6. The molecule has 6 nitrogen and oxygen atoms in total. The Morgan fingerprint density at radius 3 is 2.54 bits per heavy atom. The minimum Gasteiger partial charge on any atom is -0.503 e. The average Bonchev–Trinajstić information content (AvgIpc) is 2.59. The molecule has 1 aromatic heterocycles. The highest BCUT2D eigenvalue weighted by atomic mass is 16.3. The number of aromatic hydroxyl groups is 1. The lowest BCUT2D eigenvalue weighted by Gasteiger charge is -2.12. The van der Waals surface area contributed by atoms with Crippen LogP contribution in [0.4, 0.5) is 17.2 Å². The van der Waals surface area contributed by atoms with Crippen molar-refractivity contribution in [1.29, 1.82) is 0 Å². The van der Waals surface area contributed by atoms with Crippen molar-refractivity contribution in [3.05, 3.63) is 59.9 Å². The van der Waals surface area contributed by atoms with Crippen LogP contribution in [0.3, 0.4) is 0 Å². The molecule has 0 unspecified atom stereocenters. The number of nitrogen functional groups attached to an aromatic ring is 1. The molecule has 0 radical (unpaired) electrons. The second kappa shape index (κ2) is 6.55. The summed E-state index contributed by atoms with van der Waals surface area (Å²) in [6.07, 6.45) is 1.42. The fourth-order valence-corrected chi connectivity index (χ4v) is 2.39. The van der Waals surface area contributed by atoms with Gasteiger partial charge in [-0.2, -0.15) is 0 Å². The number of hydrogen-bond donors (Lipinski definition) is 4. The van der Waals surface area contributed by atoms with Gasteiger partial charge < -0.3 is 21.9 Å². The van der Waals surface area contributed by atoms with E-state index < -0.39 is 0 Å². The summed E-state index contributed by atoms with van der Waals surface area (Å²) in [5.74, 6) is 0.320. The molecule has 6 N–H and O–H groups in total. The molecule has 0 aliphatic heterocycles. The van der Waals surface area contributed by atoms with E-state index in [9.17, 15) is 5.11 Å². The topological polar surface area (TPSA) is 110 Å². The van der Waals surface area contributed by atoms with E-state index in [0.717, 1.165) is 22.4 Å². The Bertz CT molecular complexity index is 862. The molecule has 0 atom stereocenters. The Balaban J connectivity index is 1.95.